The summed E-state index contributed by atoms with van der Waals surface area (Å²) in [5.74, 6) is -4.13. The van der Waals surface area contributed by atoms with Gasteiger partial charge in [-0.05, 0) is 12.1 Å². The molecule has 0 aliphatic heterocycles. The molecule has 114 valence electrons. The Balaban J connectivity index is 2.49. The molecule has 1 aromatic heterocycles. The number of hydrogen-bond acceptors (Lipinski definition) is 4. The first kappa shape index (κ1) is 15.2. The fourth-order valence-electron chi connectivity index (χ4n) is 1.43. The minimum absolute atomic E-state index is 0.111. The van der Waals surface area contributed by atoms with E-state index in [1.807, 2.05) is 0 Å². The van der Waals surface area contributed by atoms with Crippen molar-refractivity contribution < 1.29 is 34.9 Å². The zero-order chi connectivity index (χ0) is 15.8. The molecule has 0 bridgehead atoms. The quantitative estimate of drug-likeness (QED) is 0.880. The lowest BCUT2D eigenvalue weighted by Gasteiger charge is -2.11. The van der Waals surface area contributed by atoms with Gasteiger partial charge in [0.05, 0.1) is 5.56 Å². The number of aromatic nitrogens is 1. The van der Waals surface area contributed by atoms with Gasteiger partial charge in [0.25, 0.3) is 10.0 Å². The molecule has 1 aromatic carbocycles. The highest BCUT2D eigenvalue weighted by Crippen LogP contribution is 2.33. The largest absolute Gasteiger partial charge is 0.416 e. The van der Waals surface area contributed by atoms with Crippen LogP contribution in [-0.2, 0) is 16.2 Å². The second-order valence-corrected chi connectivity index (χ2v) is 5.38. The van der Waals surface area contributed by atoms with Gasteiger partial charge in [-0.15, -0.1) is 0 Å². The molecular formula is C10H5F5N2O3S. The summed E-state index contributed by atoms with van der Waals surface area (Å²) in [5, 5.41) is 3.15. The number of halogens is 5. The van der Waals surface area contributed by atoms with Crippen LogP contribution >= 0.6 is 0 Å². The fraction of sp³-hybridized carbons (Fsp3) is 0.100. The number of alkyl halides is 3. The minimum atomic E-state index is -5.01. The molecule has 0 atom stereocenters. The van der Waals surface area contributed by atoms with E-state index in [2.05, 4.69) is 9.68 Å². The van der Waals surface area contributed by atoms with Crippen LogP contribution in [0.3, 0.4) is 0 Å². The molecule has 1 heterocycles. The molecule has 0 aliphatic carbocycles. The van der Waals surface area contributed by atoms with Crippen molar-refractivity contribution in [2.45, 2.75) is 11.1 Å². The molecular weight excluding hydrogens is 323 g/mol. The van der Waals surface area contributed by atoms with Gasteiger partial charge in [0.1, 0.15) is 17.9 Å². The molecule has 0 saturated heterocycles. The summed E-state index contributed by atoms with van der Waals surface area (Å²) >= 11 is 0. The van der Waals surface area contributed by atoms with E-state index in [1.165, 1.54) is 0 Å². The molecule has 2 aromatic rings. The van der Waals surface area contributed by atoms with Gasteiger partial charge in [-0.1, -0.05) is 5.16 Å². The third-order valence-corrected chi connectivity index (χ3v) is 3.68. The summed E-state index contributed by atoms with van der Waals surface area (Å²) < 4.78 is 93.7. The van der Waals surface area contributed by atoms with Crippen molar-refractivity contribution in [2.75, 3.05) is 4.72 Å². The first-order valence-corrected chi connectivity index (χ1v) is 6.59. The maximum atomic E-state index is 13.6. The molecule has 2 rings (SSSR count). The summed E-state index contributed by atoms with van der Waals surface area (Å²) in [5.41, 5.74) is -1.64. The first-order valence-electron chi connectivity index (χ1n) is 5.11. The predicted octanol–water partition coefficient (Wildman–Crippen LogP) is 2.77. The smallest absolute Gasteiger partial charge is 0.363 e. The van der Waals surface area contributed by atoms with Crippen molar-refractivity contribution in [1.82, 2.24) is 5.16 Å². The van der Waals surface area contributed by atoms with Gasteiger partial charge in [-0.2, -0.15) is 13.2 Å². The minimum Gasteiger partial charge on any atom is -0.363 e. The predicted molar refractivity (Wildman–Crippen MR) is 58.7 cm³/mol. The Kier molecular flexibility index (Phi) is 3.61. The molecule has 0 aliphatic rings. The van der Waals surface area contributed by atoms with Crippen LogP contribution in [-0.4, -0.2) is 13.6 Å². The standard InChI is InChI=1S/C10H5F5N2O3S/c11-6-3-5(10(13,14)15)4-7(12)9(6)21(18,19)17-8-1-2-20-16-8/h1-4H,(H,16,17). The zero-order valence-electron chi connectivity index (χ0n) is 9.78. The number of nitrogens with one attached hydrogen (secondary N) is 1. The second kappa shape index (κ2) is 4.98. The van der Waals surface area contributed by atoms with Crippen LogP contribution in [0.5, 0.6) is 0 Å². The highest BCUT2D eigenvalue weighted by molar-refractivity contribution is 7.92. The van der Waals surface area contributed by atoms with Crippen LogP contribution < -0.4 is 4.72 Å². The van der Waals surface area contributed by atoms with Crippen LogP contribution in [0.4, 0.5) is 27.8 Å². The van der Waals surface area contributed by atoms with E-state index in [0.29, 0.717) is 0 Å². The third-order valence-electron chi connectivity index (χ3n) is 2.27. The monoisotopic (exact) mass is 328 g/mol. The summed E-state index contributed by atoms with van der Waals surface area (Å²) in [6.45, 7) is 0. The average Bonchev–Trinajstić information content (AvgIpc) is 2.78. The van der Waals surface area contributed by atoms with Crippen LogP contribution in [0.25, 0.3) is 0 Å². The average molecular weight is 328 g/mol. The second-order valence-electron chi connectivity index (χ2n) is 3.76. The van der Waals surface area contributed by atoms with Crippen molar-refractivity contribution in [3.63, 3.8) is 0 Å². The van der Waals surface area contributed by atoms with Crippen molar-refractivity contribution in [3.05, 3.63) is 41.7 Å². The van der Waals surface area contributed by atoms with Gasteiger partial charge in [-0.3, -0.25) is 4.72 Å². The lowest BCUT2D eigenvalue weighted by Crippen LogP contribution is -2.18. The summed E-state index contributed by atoms with van der Waals surface area (Å²) in [6.07, 6.45) is -4.03. The van der Waals surface area contributed by atoms with Gasteiger partial charge in [0.15, 0.2) is 10.7 Å². The van der Waals surface area contributed by atoms with Crippen LogP contribution in [0.2, 0.25) is 0 Å². The number of sulfonamides is 1. The molecule has 0 radical (unpaired) electrons. The van der Waals surface area contributed by atoms with Gasteiger partial charge >= 0.3 is 6.18 Å². The number of rotatable bonds is 3. The van der Waals surface area contributed by atoms with Gasteiger partial charge in [0.2, 0.25) is 0 Å². The Hall–Kier alpha value is -2.17. The van der Waals surface area contributed by atoms with E-state index in [9.17, 15) is 30.4 Å². The maximum Gasteiger partial charge on any atom is 0.416 e. The van der Waals surface area contributed by atoms with E-state index in [4.69, 9.17) is 0 Å². The molecule has 0 fully saturated rings. The van der Waals surface area contributed by atoms with Crippen molar-refractivity contribution in [3.8, 4) is 0 Å². The number of benzene rings is 1. The Morgan fingerprint density at radius 2 is 1.71 bits per heavy atom. The number of anilines is 1. The molecule has 0 saturated carbocycles. The Labute approximate surface area is 114 Å². The van der Waals surface area contributed by atoms with Gasteiger partial charge in [0, 0.05) is 6.07 Å². The van der Waals surface area contributed by atoms with Crippen LogP contribution in [0.1, 0.15) is 5.56 Å². The van der Waals surface area contributed by atoms with Crippen molar-refractivity contribution in [1.29, 1.82) is 0 Å². The summed E-state index contributed by atoms with van der Waals surface area (Å²) in [6, 6.07) is 0.818. The highest BCUT2D eigenvalue weighted by Gasteiger charge is 2.35. The molecule has 0 amide bonds. The molecule has 11 heteroatoms. The third kappa shape index (κ3) is 3.12. The van der Waals surface area contributed by atoms with E-state index in [0.717, 1.165) is 12.3 Å². The highest BCUT2D eigenvalue weighted by atomic mass is 32.2. The summed E-state index contributed by atoms with van der Waals surface area (Å²) in [4.78, 5) is -1.54. The summed E-state index contributed by atoms with van der Waals surface area (Å²) in [7, 11) is -4.80. The molecule has 0 unspecified atom stereocenters. The Bertz CT molecular complexity index is 732. The lowest BCUT2D eigenvalue weighted by atomic mass is 10.2. The van der Waals surface area contributed by atoms with E-state index < -0.39 is 38.3 Å². The van der Waals surface area contributed by atoms with Crippen LogP contribution in [0, 0.1) is 11.6 Å². The van der Waals surface area contributed by atoms with E-state index in [-0.39, 0.29) is 18.0 Å². The van der Waals surface area contributed by atoms with E-state index in [1.54, 1.807) is 4.72 Å². The Morgan fingerprint density at radius 3 is 2.14 bits per heavy atom. The number of nitrogens with zero attached hydrogens (tertiary/aromatic N) is 1. The maximum absolute atomic E-state index is 13.6. The zero-order valence-corrected chi connectivity index (χ0v) is 10.6. The molecule has 1 N–H and O–H groups in total. The van der Waals surface area contributed by atoms with Crippen molar-refractivity contribution >= 4 is 15.8 Å². The van der Waals surface area contributed by atoms with Crippen molar-refractivity contribution in [2.24, 2.45) is 0 Å². The van der Waals surface area contributed by atoms with Gasteiger partial charge < -0.3 is 4.52 Å². The van der Waals surface area contributed by atoms with Crippen LogP contribution in [0.15, 0.2) is 33.9 Å². The lowest BCUT2D eigenvalue weighted by molar-refractivity contribution is -0.138. The molecule has 5 nitrogen and oxygen atoms in total. The topological polar surface area (TPSA) is 72.2 Å². The van der Waals surface area contributed by atoms with Gasteiger partial charge in [-0.25, -0.2) is 17.2 Å². The Morgan fingerprint density at radius 1 is 1.14 bits per heavy atom. The molecule has 0 spiro atoms. The van der Waals surface area contributed by atoms with E-state index >= 15 is 0 Å². The molecule has 21 heavy (non-hydrogen) atoms. The normalized spacial score (nSPS) is 12.4. The number of hydrogen-bond donors (Lipinski definition) is 1. The SMILES string of the molecule is O=S(=O)(Nc1ccon1)c1c(F)cc(C(F)(F)F)cc1F. The first-order chi connectivity index (χ1) is 9.61. The fourth-order valence-corrected chi connectivity index (χ4v) is 2.55.